The molecule has 0 aromatic carbocycles. The second-order valence-corrected chi connectivity index (χ2v) is 5.79. The molecule has 2 N–H and O–H groups in total. The first-order valence-corrected chi connectivity index (χ1v) is 7.11. The van der Waals surface area contributed by atoms with Gasteiger partial charge in [-0.25, -0.2) is 0 Å². The largest absolute Gasteiger partial charge is 0.394 e. The summed E-state index contributed by atoms with van der Waals surface area (Å²) in [4.78, 5) is 2.42. The zero-order valence-corrected chi connectivity index (χ0v) is 12.1. The average Bonchev–Trinajstić information content (AvgIpc) is 3.04. The van der Waals surface area contributed by atoms with Crippen LogP contribution in [0.4, 0.5) is 11.5 Å². The first kappa shape index (κ1) is 13.2. The number of anilines is 2. The Labute approximate surface area is 110 Å². The molecule has 0 spiro atoms. The van der Waals surface area contributed by atoms with E-state index in [2.05, 4.69) is 30.8 Å². The molecule has 1 aromatic heterocycles. The van der Waals surface area contributed by atoms with Crippen molar-refractivity contribution in [1.82, 2.24) is 9.78 Å². The van der Waals surface area contributed by atoms with Crippen molar-refractivity contribution in [3.63, 3.8) is 0 Å². The Hall–Kier alpha value is -1.19. The molecule has 1 aliphatic carbocycles. The van der Waals surface area contributed by atoms with Crippen LogP contribution >= 0.6 is 0 Å². The van der Waals surface area contributed by atoms with E-state index in [1.165, 1.54) is 12.8 Å². The molecule has 0 amide bonds. The van der Waals surface area contributed by atoms with E-state index < -0.39 is 0 Å². The predicted octanol–water partition coefficient (Wildman–Crippen LogP) is 2.75. The molecule has 4 nitrogen and oxygen atoms in total. The van der Waals surface area contributed by atoms with Crippen LogP contribution in [0.3, 0.4) is 0 Å². The van der Waals surface area contributed by atoms with Gasteiger partial charge in [0.1, 0.15) is 5.82 Å². The molecule has 0 aliphatic heterocycles. The number of nitrogen functional groups attached to an aromatic ring is 1. The summed E-state index contributed by atoms with van der Waals surface area (Å²) in [5.41, 5.74) is 8.22. The van der Waals surface area contributed by atoms with Crippen LogP contribution in [0, 0.1) is 5.92 Å². The topological polar surface area (TPSA) is 47.1 Å². The number of nitrogens with zero attached hydrogens (tertiary/aromatic N) is 3. The van der Waals surface area contributed by atoms with Gasteiger partial charge in [0, 0.05) is 20.1 Å². The summed E-state index contributed by atoms with van der Waals surface area (Å²) in [7, 11) is 2.01. The molecule has 18 heavy (non-hydrogen) atoms. The highest BCUT2D eigenvalue weighted by Crippen LogP contribution is 2.35. The molecule has 2 rings (SSSR count). The van der Waals surface area contributed by atoms with E-state index in [-0.39, 0.29) is 0 Å². The van der Waals surface area contributed by atoms with Gasteiger partial charge in [0.05, 0.1) is 11.4 Å². The van der Waals surface area contributed by atoms with Gasteiger partial charge in [-0.1, -0.05) is 20.8 Å². The van der Waals surface area contributed by atoms with Gasteiger partial charge in [-0.05, 0) is 31.1 Å². The van der Waals surface area contributed by atoms with E-state index in [0.717, 1.165) is 42.6 Å². The quantitative estimate of drug-likeness (QED) is 0.844. The zero-order chi connectivity index (χ0) is 13.3. The van der Waals surface area contributed by atoms with Gasteiger partial charge in [-0.2, -0.15) is 5.10 Å². The normalized spacial score (nSPS) is 15.4. The van der Waals surface area contributed by atoms with E-state index in [1.807, 2.05) is 11.7 Å². The van der Waals surface area contributed by atoms with Crippen LogP contribution < -0.4 is 10.6 Å². The van der Waals surface area contributed by atoms with Crippen LogP contribution in [-0.2, 0) is 7.05 Å². The molecule has 1 heterocycles. The van der Waals surface area contributed by atoms with Crippen molar-refractivity contribution in [2.45, 2.75) is 46.0 Å². The summed E-state index contributed by atoms with van der Waals surface area (Å²) in [6.45, 7) is 8.71. The van der Waals surface area contributed by atoms with Gasteiger partial charge in [0.25, 0.3) is 0 Å². The summed E-state index contributed by atoms with van der Waals surface area (Å²) in [6, 6.07) is 0. The van der Waals surface area contributed by atoms with Crippen molar-refractivity contribution in [1.29, 1.82) is 0 Å². The van der Waals surface area contributed by atoms with Gasteiger partial charge in [-0.3, -0.25) is 4.68 Å². The predicted molar refractivity (Wildman–Crippen MR) is 76.9 cm³/mol. The summed E-state index contributed by atoms with van der Waals surface area (Å²) in [6.07, 6.45) is 3.89. The summed E-state index contributed by atoms with van der Waals surface area (Å²) < 4.78 is 1.96. The Kier molecular flexibility index (Phi) is 3.83. The Bertz CT molecular complexity index is 404. The number of hydrogen-bond donors (Lipinski definition) is 1. The molecular weight excluding hydrogens is 224 g/mol. The SMILES string of the molecule is CCCN(CC1CC1)c1c(N)c(C(C)C)nn1C. The number of hydrogen-bond acceptors (Lipinski definition) is 3. The molecule has 4 heteroatoms. The fraction of sp³-hybridized carbons (Fsp3) is 0.786. The first-order valence-electron chi connectivity index (χ1n) is 7.11. The molecular formula is C14H26N4. The minimum atomic E-state index is 0.384. The monoisotopic (exact) mass is 250 g/mol. The lowest BCUT2D eigenvalue weighted by atomic mass is 10.1. The molecule has 1 aromatic rings. The first-order chi connectivity index (χ1) is 8.54. The third kappa shape index (κ3) is 2.62. The molecule has 0 atom stereocenters. The molecule has 102 valence electrons. The molecule has 0 unspecified atom stereocenters. The van der Waals surface area contributed by atoms with Gasteiger partial charge in [-0.15, -0.1) is 0 Å². The van der Waals surface area contributed by atoms with Crippen molar-refractivity contribution in [3.05, 3.63) is 5.69 Å². The highest BCUT2D eigenvalue weighted by molar-refractivity contribution is 5.67. The fourth-order valence-corrected chi connectivity index (χ4v) is 2.52. The summed E-state index contributed by atoms with van der Waals surface area (Å²) in [5, 5.41) is 4.59. The van der Waals surface area contributed by atoms with E-state index in [4.69, 9.17) is 5.73 Å². The van der Waals surface area contributed by atoms with Crippen LogP contribution in [0.25, 0.3) is 0 Å². The standard InChI is InChI=1S/C14H26N4/c1-5-8-18(9-11-6-7-11)14-12(15)13(10(2)3)16-17(14)4/h10-11H,5-9,15H2,1-4H3. The molecule has 0 bridgehead atoms. The van der Waals surface area contributed by atoms with Crippen molar-refractivity contribution < 1.29 is 0 Å². The lowest BCUT2D eigenvalue weighted by Gasteiger charge is -2.24. The maximum Gasteiger partial charge on any atom is 0.150 e. The number of nitrogens with two attached hydrogens (primary N) is 1. The molecule has 0 radical (unpaired) electrons. The molecule has 1 saturated carbocycles. The minimum absolute atomic E-state index is 0.384. The number of rotatable bonds is 6. The smallest absolute Gasteiger partial charge is 0.150 e. The van der Waals surface area contributed by atoms with E-state index in [1.54, 1.807) is 0 Å². The van der Waals surface area contributed by atoms with Crippen LogP contribution in [0.15, 0.2) is 0 Å². The Morgan fingerprint density at radius 1 is 1.44 bits per heavy atom. The highest BCUT2D eigenvalue weighted by Gasteiger charge is 2.27. The van der Waals surface area contributed by atoms with Crippen molar-refractivity contribution in [2.24, 2.45) is 13.0 Å². The lowest BCUT2D eigenvalue weighted by Crippen LogP contribution is -2.29. The van der Waals surface area contributed by atoms with Crippen molar-refractivity contribution >= 4 is 11.5 Å². The Balaban J connectivity index is 2.27. The number of aryl methyl sites for hydroxylation is 1. The van der Waals surface area contributed by atoms with Crippen LogP contribution in [-0.4, -0.2) is 22.9 Å². The van der Waals surface area contributed by atoms with Crippen LogP contribution in [0.5, 0.6) is 0 Å². The summed E-state index contributed by atoms with van der Waals surface area (Å²) >= 11 is 0. The van der Waals surface area contributed by atoms with Crippen LogP contribution in [0.1, 0.15) is 51.6 Å². The van der Waals surface area contributed by atoms with Crippen molar-refractivity contribution in [3.8, 4) is 0 Å². The Morgan fingerprint density at radius 3 is 2.56 bits per heavy atom. The second-order valence-electron chi connectivity index (χ2n) is 5.79. The maximum atomic E-state index is 6.31. The van der Waals surface area contributed by atoms with Gasteiger partial charge in [0.15, 0.2) is 0 Å². The Morgan fingerprint density at radius 2 is 2.11 bits per heavy atom. The summed E-state index contributed by atoms with van der Waals surface area (Å²) in [5.74, 6) is 2.37. The third-order valence-electron chi connectivity index (χ3n) is 3.60. The molecule has 1 aliphatic rings. The molecule has 0 saturated heterocycles. The van der Waals surface area contributed by atoms with Gasteiger partial charge < -0.3 is 10.6 Å². The minimum Gasteiger partial charge on any atom is -0.394 e. The highest BCUT2D eigenvalue weighted by atomic mass is 15.4. The average molecular weight is 250 g/mol. The number of aromatic nitrogens is 2. The third-order valence-corrected chi connectivity index (χ3v) is 3.60. The van der Waals surface area contributed by atoms with Crippen molar-refractivity contribution in [2.75, 3.05) is 23.7 Å². The lowest BCUT2D eigenvalue weighted by molar-refractivity contribution is 0.652. The zero-order valence-electron chi connectivity index (χ0n) is 12.1. The van der Waals surface area contributed by atoms with E-state index in [9.17, 15) is 0 Å². The fourth-order valence-electron chi connectivity index (χ4n) is 2.52. The van der Waals surface area contributed by atoms with E-state index in [0.29, 0.717) is 5.92 Å². The van der Waals surface area contributed by atoms with Gasteiger partial charge >= 0.3 is 0 Å². The van der Waals surface area contributed by atoms with E-state index >= 15 is 0 Å². The molecule has 1 fully saturated rings. The second kappa shape index (κ2) is 5.21. The van der Waals surface area contributed by atoms with Gasteiger partial charge in [0.2, 0.25) is 0 Å². The van der Waals surface area contributed by atoms with Crippen LogP contribution in [0.2, 0.25) is 0 Å². The maximum absolute atomic E-state index is 6.31.